The second-order valence-corrected chi connectivity index (χ2v) is 5.53. The van der Waals surface area contributed by atoms with Crippen molar-refractivity contribution in [3.63, 3.8) is 0 Å². The Morgan fingerprint density at radius 1 is 1.29 bits per heavy atom. The fourth-order valence-electron chi connectivity index (χ4n) is 3.22. The van der Waals surface area contributed by atoms with Gasteiger partial charge in [-0.05, 0) is 36.0 Å². The lowest BCUT2D eigenvalue weighted by Crippen LogP contribution is -2.18. The van der Waals surface area contributed by atoms with E-state index in [1.54, 1.807) is 0 Å². The molecule has 0 aromatic rings. The molecular weight excluding hydrogens is 212 g/mol. The highest BCUT2D eigenvalue weighted by Crippen LogP contribution is 2.43. The molecule has 1 saturated heterocycles. The third kappa shape index (κ3) is 1.50. The summed E-state index contributed by atoms with van der Waals surface area (Å²) in [5.74, 6) is 0.707. The molecule has 2 nitrogen and oxygen atoms in total. The van der Waals surface area contributed by atoms with Crippen LogP contribution >= 0.6 is 0 Å². The van der Waals surface area contributed by atoms with Crippen LogP contribution in [0, 0.1) is 17.8 Å². The van der Waals surface area contributed by atoms with E-state index in [9.17, 15) is 4.79 Å². The Hall–Kier alpha value is -1.31. The predicted molar refractivity (Wildman–Crippen MR) is 66.2 cm³/mol. The average molecular weight is 230 g/mol. The molecule has 0 radical (unpaired) electrons. The van der Waals surface area contributed by atoms with Crippen LogP contribution in [0.15, 0.2) is 34.9 Å². The highest BCUT2D eigenvalue weighted by molar-refractivity contribution is 5.75. The highest BCUT2D eigenvalue weighted by atomic mass is 16.6. The third-order valence-corrected chi connectivity index (χ3v) is 4.37. The van der Waals surface area contributed by atoms with Gasteiger partial charge in [-0.1, -0.05) is 32.1 Å². The van der Waals surface area contributed by atoms with Gasteiger partial charge in [0, 0.05) is 5.92 Å². The summed E-state index contributed by atoms with van der Waals surface area (Å²) in [6.45, 7) is 6.35. The molecule has 4 atom stereocenters. The van der Waals surface area contributed by atoms with Crippen LogP contribution in [0.1, 0.15) is 27.2 Å². The van der Waals surface area contributed by atoms with Crippen LogP contribution in [0.3, 0.4) is 0 Å². The minimum absolute atomic E-state index is 0.00690. The first-order chi connectivity index (χ1) is 8.08. The number of carbonyl (C=O) groups excluding carboxylic acids is 1. The Balaban J connectivity index is 2.04. The molecule has 0 bridgehead atoms. The van der Waals surface area contributed by atoms with Gasteiger partial charge in [0.1, 0.15) is 6.10 Å². The van der Waals surface area contributed by atoms with Crippen LogP contribution in [0.25, 0.3) is 0 Å². The lowest BCUT2D eigenvalue weighted by Gasteiger charge is -2.17. The summed E-state index contributed by atoms with van der Waals surface area (Å²) in [5, 5.41) is 0. The van der Waals surface area contributed by atoms with E-state index in [2.05, 4.69) is 32.1 Å². The topological polar surface area (TPSA) is 26.3 Å². The van der Waals surface area contributed by atoms with Crippen molar-refractivity contribution in [2.75, 3.05) is 0 Å². The molecule has 17 heavy (non-hydrogen) atoms. The van der Waals surface area contributed by atoms with E-state index in [0.29, 0.717) is 5.92 Å². The van der Waals surface area contributed by atoms with Crippen LogP contribution in [0.5, 0.6) is 0 Å². The molecule has 0 aromatic carbocycles. The molecule has 0 N–H and O–H groups in total. The van der Waals surface area contributed by atoms with Crippen molar-refractivity contribution in [3.05, 3.63) is 34.9 Å². The molecule has 3 aliphatic rings. The molecule has 0 saturated carbocycles. The lowest BCUT2D eigenvalue weighted by molar-refractivity contribution is -0.144. The summed E-state index contributed by atoms with van der Waals surface area (Å²) in [4.78, 5) is 11.7. The maximum absolute atomic E-state index is 11.7. The quantitative estimate of drug-likeness (QED) is 0.598. The number of hydrogen-bond donors (Lipinski definition) is 0. The number of esters is 1. The van der Waals surface area contributed by atoms with Gasteiger partial charge < -0.3 is 4.74 Å². The molecule has 3 rings (SSSR count). The van der Waals surface area contributed by atoms with Gasteiger partial charge in [0.15, 0.2) is 0 Å². The summed E-state index contributed by atoms with van der Waals surface area (Å²) in [6, 6.07) is 0. The zero-order valence-corrected chi connectivity index (χ0v) is 10.6. The zero-order chi connectivity index (χ0) is 12.2. The number of carbonyl (C=O) groups is 1. The Morgan fingerprint density at radius 2 is 2.06 bits per heavy atom. The van der Waals surface area contributed by atoms with Crippen molar-refractivity contribution in [1.29, 1.82) is 0 Å². The minimum atomic E-state index is -0.0314. The molecule has 2 heteroatoms. The summed E-state index contributed by atoms with van der Waals surface area (Å²) in [7, 11) is 0. The SMILES string of the molecule is CC1=CC=C2C1=CC1C(CC2C)OC(=O)C1C. The van der Waals surface area contributed by atoms with Crippen LogP contribution in [-0.2, 0) is 9.53 Å². The molecule has 0 amide bonds. The van der Waals surface area contributed by atoms with Crippen molar-refractivity contribution in [3.8, 4) is 0 Å². The van der Waals surface area contributed by atoms with E-state index in [1.165, 1.54) is 16.7 Å². The Morgan fingerprint density at radius 3 is 2.82 bits per heavy atom. The molecular formula is C15H18O2. The predicted octanol–water partition coefficient (Wildman–Crippen LogP) is 3.02. The summed E-state index contributed by atoms with van der Waals surface area (Å²) in [5.41, 5.74) is 4.08. The molecule has 1 heterocycles. The molecule has 2 aliphatic carbocycles. The first-order valence-electron chi connectivity index (χ1n) is 6.39. The molecule has 90 valence electrons. The summed E-state index contributed by atoms with van der Waals surface area (Å²) in [6.07, 6.45) is 7.71. The number of rotatable bonds is 0. The van der Waals surface area contributed by atoms with E-state index < -0.39 is 0 Å². The standard InChI is InChI=1S/C15H18O2/c1-8-4-5-11-9(2)6-14-13(7-12(8)11)10(3)15(16)17-14/h4-5,7,9-10,13-14H,6H2,1-3H3. The second-order valence-electron chi connectivity index (χ2n) is 5.53. The van der Waals surface area contributed by atoms with Gasteiger partial charge in [-0.3, -0.25) is 4.79 Å². The molecule has 0 spiro atoms. The van der Waals surface area contributed by atoms with Gasteiger partial charge >= 0.3 is 5.97 Å². The number of ether oxygens (including phenoxy) is 1. The van der Waals surface area contributed by atoms with Crippen LogP contribution in [-0.4, -0.2) is 12.1 Å². The van der Waals surface area contributed by atoms with Crippen molar-refractivity contribution in [1.82, 2.24) is 0 Å². The Labute approximate surface area is 102 Å². The number of fused-ring (bicyclic) bond motifs is 2. The fraction of sp³-hybridized carbons (Fsp3) is 0.533. The van der Waals surface area contributed by atoms with E-state index in [0.717, 1.165) is 6.42 Å². The fourth-order valence-corrected chi connectivity index (χ4v) is 3.22. The second kappa shape index (κ2) is 3.59. The van der Waals surface area contributed by atoms with Gasteiger partial charge in [-0.2, -0.15) is 0 Å². The van der Waals surface area contributed by atoms with Crippen LogP contribution < -0.4 is 0 Å². The first-order valence-corrected chi connectivity index (χ1v) is 6.39. The van der Waals surface area contributed by atoms with Gasteiger partial charge in [-0.25, -0.2) is 0 Å². The van der Waals surface area contributed by atoms with Crippen molar-refractivity contribution >= 4 is 5.97 Å². The number of allylic oxidation sites excluding steroid dienone is 5. The molecule has 1 aliphatic heterocycles. The van der Waals surface area contributed by atoms with Gasteiger partial charge in [0.25, 0.3) is 0 Å². The zero-order valence-electron chi connectivity index (χ0n) is 10.6. The molecule has 1 fully saturated rings. The van der Waals surface area contributed by atoms with Gasteiger partial charge in [0.05, 0.1) is 5.92 Å². The van der Waals surface area contributed by atoms with Crippen molar-refractivity contribution in [2.45, 2.75) is 33.3 Å². The van der Waals surface area contributed by atoms with Crippen molar-refractivity contribution in [2.24, 2.45) is 17.8 Å². The smallest absolute Gasteiger partial charge is 0.309 e. The number of hydrogen-bond acceptors (Lipinski definition) is 2. The summed E-state index contributed by atoms with van der Waals surface area (Å²) < 4.78 is 5.50. The normalized spacial score (nSPS) is 39.7. The van der Waals surface area contributed by atoms with E-state index in [-0.39, 0.29) is 23.9 Å². The molecule has 4 unspecified atom stereocenters. The van der Waals surface area contributed by atoms with Crippen LogP contribution in [0.4, 0.5) is 0 Å². The largest absolute Gasteiger partial charge is 0.461 e. The third-order valence-electron chi connectivity index (χ3n) is 4.37. The molecule has 0 aromatic heterocycles. The van der Waals surface area contributed by atoms with E-state index >= 15 is 0 Å². The monoisotopic (exact) mass is 230 g/mol. The first kappa shape index (κ1) is 10.8. The van der Waals surface area contributed by atoms with Crippen molar-refractivity contribution < 1.29 is 9.53 Å². The van der Waals surface area contributed by atoms with E-state index in [4.69, 9.17) is 4.74 Å². The highest BCUT2D eigenvalue weighted by Gasteiger charge is 2.43. The average Bonchev–Trinajstić information content (AvgIpc) is 2.71. The van der Waals surface area contributed by atoms with Gasteiger partial charge in [-0.15, -0.1) is 0 Å². The van der Waals surface area contributed by atoms with Crippen LogP contribution in [0.2, 0.25) is 0 Å². The van der Waals surface area contributed by atoms with Gasteiger partial charge in [0.2, 0.25) is 0 Å². The Bertz CT molecular complexity index is 467. The van der Waals surface area contributed by atoms with E-state index in [1.807, 2.05) is 6.92 Å². The maximum Gasteiger partial charge on any atom is 0.309 e. The lowest BCUT2D eigenvalue weighted by atomic mass is 9.89. The summed E-state index contributed by atoms with van der Waals surface area (Å²) >= 11 is 0. The maximum atomic E-state index is 11.7. The Kier molecular flexibility index (Phi) is 2.29. The minimum Gasteiger partial charge on any atom is -0.461 e.